The topological polar surface area (TPSA) is 0 Å². The van der Waals surface area contributed by atoms with E-state index in [0.717, 1.165) is 0 Å². The molecule has 0 amide bonds. The van der Waals surface area contributed by atoms with Gasteiger partial charge in [0, 0.05) is 27.1 Å². The van der Waals surface area contributed by atoms with Crippen molar-refractivity contribution in [1.82, 2.24) is 0 Å². The van der Waals surface area contributed by atoms with Gasteiger partial charge in [-0.25, -0.2) is 0 Å². The summed E-state index contributed by atoms with van der Waals surface area (Å²) in [7, 11) is 0. The van der Waals surface area contributed by atoms with E-state index in [2.05, 4.69) is 239 Å². The largest absolute Gasteiger partial charge is 0.0776 e. The summed E-state index contributed by atoms with van der Waals surface area (Å²) in [6, 6.07) is 66.5. The summed E-state index contributed by atoms with van der Waals surface area (Å²) < 4.78 is 0. The van der Waals surface area contributed by atoms with Crippen LogP contribution < -0.4 is 0 Å². The van der Waals surface area contributed by atoms with Gasteiger partial charge >= 0.3 is 0 Å². The third kappa shape index (κ3) is 5.18. The van der Waals surface area contributed by atoms with Crippen molar-refractivity contribution in [1.29, 1.82) is 0 Å². The zero-order chi connectivity index (χ0) is 48.5. The summed E-state index contributed by atoms with van der Waals surface area (Å²) in [6.45, 7) is 24.4. The maximum Gasteiger partial charge on any atom is 0.0159 e. The molecule has 0 aliphatic heterocycles. The van der Waals surface area contributed by atoms with Gasteiger partial charge in [-0.2, -0.15) is 0 Å². The highest BCUT2D eigenvalue weighted by molar-refractivity contribution is 6.12. The van der Waals surface area contributed by atoms with Crippen LogP contribution >= 0.6 is 0 Å². The van der Waals surface area contributed by atoms with Gasteiger partial charge in [-0.1, -0.05) is 198 Å². The van der Waals surface area contributed by atoms with Crippen LogP contribution in [0.5, 0.6) is 0 Å². The van der Waals surface area contributed by atoms with Crippen LogP contribution in [0, 0.1) is 0 Å². The van der Waals surface area contributed by atoms with E-state index in [1.54, 1.807) is 0 Å². The maximum atomic E-state index is 2.62. The first kappa shape index (κ1) is 43.5. The van der Waals surface area contributed by atoms with Crippen molar-refractivity contribution in [2.24, 2.45) is 0 Å². The SMILES string of the molecule is C.CC1(C)c2ccccc2-c2ccc(-c3cc4c(c5ccccc35)-c3cc5c(cc3C4(C)C)-c3cc4c(cc3C5(C)C)-c3c(cc(-c5ccc6c(c5)C(C)(C)c5ccccc5-6)c5ccccc35)C4(C)C)cc21. The molecule has 0 aromatic heterocycles. The van der Waals surface area contributed by atoms with E-state index in [1.165, 1.54) is 155 Å². The first-order chi connectivity index (χ1) is 34.0. The molecule has 0 nitrogen and oxygen atoms in total. The lowest BCUT2D eigenvalue weighted by Gasteiger charge is -2.25. The number of rotatable bonds is 2. The smallest absolute Gasteiger partial charge is 0.0159 e. The molecule has 0 saturated heterocycles. The first-order valence-electron chi connectivity index (χ1n) is 26.0. The van der Waals surface area contributed by atoms with E-state index in [1.807, 2.05) is 0 Å². The Labute approximate surface area is 426 Å². The molecule has 10 aromatic carbocycles. The summed E-state index contributed by atoms with van der Waals surface area (Å²) in [5, 5.41) is 5.34. The monoisotopic (exact) mass is 926 g/mol. The van der Waals surface area contributed by atoms with Crippen molar-refractivity contribution in [3.8, 4) is 77.9 Å². The normalized spacial score (nSPS) is 17.2. The average Bonchev–Trinajstić information content (AvgIpc) is 4.00. The fraction of sp³-hybridized carbons (Fsp3) is 0.222. The average molecular weight is 927 g/mol. The highest BCUT2D eigenvalue weighted by Crippen LogP contribution is 2.62. The van der Waals surface area contributed by atoms with Crippen LogP contribution in [0.4, 0.5) is 0 Å². The second-order valence-electron chi connectivity index (χ2n) is 24.4. The molecule has 72 heavy (non-hydrogen) atoms. The van der Waals surface area contributed by atoms with Crippen LogP contribution in [0.3, 0.4) is 0 Å². The van der Waals surface area contributed by atoms with Crippen LogP contribution in [0.1, 0.15) is 132 Å². The molecule has 0 radical (unpaired) electrons. The molecule has 0 N–H and O–H groups in total. The van der Waals surface area contributed by atoms with Gasteiger partial charge in [0.25, 0.3) is 0 Å². The van der Waals surface area contributed by atoms with Crippen LogP contribution in [0.2, 0.25) is 0 Å². The molecule has 15 rings (SSSR count). The zero-order valence-corrected chi connectivity index (χ0v) is 42.7. The number of fused-ring (bicyclic) bond motifs is 19. The minimum atomic E-state index is -0.200. The second-order valence-corrected chi connectivity index (χ2v) is 24.4. The summed E-state index contributed by atoms with van der Waals surface area (Å²) in [5.41, 5.74) is 32.7. The lowest BCUT2D eigenvalue weighted by Crippen LogP contribution is -2.17. The van der Waals surface area contributed by atoms with Gasteiger partial charge in [-0.05, 0) is 204 Å². The summed E-state index contributed by atoms with van der Waals surface area (Å²) in [4.78, 5) is 0. The minimum Gasteiger partial charge on any atom is -0.0776 e. The fourth-order valence-electron chi connectivity index (χ4n) is 15.1. The van der Waals surface area contributed by atoms with Crippen molar-refractivity contribution in [2.45, 2.75) is 104 Å². The van der Waals surface area contributed by atoms with E-state index >= 15 is 0 Å². The second kappa shape index (κ2) is 13.8. The van der Waals surface area contributed by atoms with Crippen LogP contribution in [0.15, 0.2) is 170 Å². The molecular weight excluding hydrogens is 865 g/mol. The number of hydrogen-bond acceptors (Lipinski definition) is 0. The standard InChI is InChI=1S/C71H58.CH4/c1-67(2)55-25-17-15-21-43(55)45-29-27-39(31-57(45)67)49-33-63-65(47-23-13-11-19-41(47)49)53-37-59-51(35-61(53)70(63,7)8)52-36-62-54(38-60(52)69(59,5)6)66-48-24-14-12-20-42(48)50(34-64(66)71(62,9)10)40-28-30-46-44-22-16-18-26-56(44)68(3,4)58(46)32-40;/h11-38H,1-10H3;1H4. The minimum absolute atomic E-state index is 0. The molecule has 0 atom stereocenters. The van der Waals surface area contributed by atoms with E-state index < -0.39 is 0 Å². The van der Waals surface area contributed by atoms with Crippen molar-refractivity contribution >= 4 is 21.5 Å². The lowest BCUT2D eigenvalue weighted by molar-refractivity contribution is 0.649. The van der Waals surface area contributed by atoms with Gasteiger partial charge in [0.05, 0.1) is 0 Å². The van der Waals surface area contributed by atoms with Gasteiger partial charge < -0.3 is 0 Å². The van der Waals surface area contributed by atoms with E-state index in [4.69, 9.17) is 0 Å². The Hall–Kier alpha value is -7.28. The number of hydrogen-bond donors (Lipinski definition) is 0. The first-order valence-corrected chi connectivity index (χ1v) is 26.0. The molecule has 0 unspecified atom stereocenters. The van der Waals surface area contributed by atoms with Crippen LogP contribution in [0.25, 0.3) is 99.4 Å². The highest BCUT2D eigenvalue weighted by Gasteiger charge is 2.46. The van der Waals surface area contributed by atoms with Crippen LogP contribution in [-0.4, -0.2) is 0 Å². The van der Waals surface area contributed by atoms with Gasteiger partial charge in [0.15, 0.2) is 0 Å². The maximum absolute atomic E-state index is 2.62. The van der Waals surface area contributed by atoms with Gasteiger partial charge in [0.2, 0.25) is 0 Å². The molecule has 5 aliphatic carbocycles. The Morgan fingerprint density at radius 1 is 0.208 bits per heavy atom. The highest BCUT2D eigenvalue weighted by atomic mass is 14.5. The Morgan fingerprint density at radius 2 is 0.486 bits per heavy atom. The third-order valence-electron chi connectivity index (χ3n) is 19.1. The summed E-state index contributed by atoms with van der Waals surface area (Å²) in [6.07, 6.45) is 0. The van der Waals surface area contributed by atoms with E-state index in [-0.39, 0.29) is 34.5 Å². The van der Waals surface area contributed by atoms with E-state index in [9.17, 15) is 0 Å². The van der Waals surface area contributed by atoms with E-state index in [0.29, 0.717) is 0 Å². The quantitative estimate of drug-likeness (QED) is 0.162. The van der Waals surface area contributed by atoms with Crippen molar-refractivity contribution in [2.75, 3.05) is 0 Å². The Balaban J connectivity index is 0.00000482. The number of benzene rings is 10. The molecule has 0 heterocycles. The van der Waals surface area contributed by atoms with Crippen LogP contribution in [-0.2, 0) is 27.1 Å². The Bertz CT molecular complexity index is 3850. The molecular formula is C72H62. The third-order valence-corrected chi connectivity index (χ3v) is 19.1. The lowest BCUT2D eigenvalue weighted by atomic mass is 9.78. The molecule has 0 saturated carbocycles. The Morgan fingerprint density at radius 3 is 0.903 bits per heavy atom. The van der Waals surface area contributed by atoms with Gasteiger partial charge in [-0.3, -0.25) is 0 Å². The van der Waals surface area contributed by atoms with Crippen molar-refractivity contribution in [3.05, 3.63) is 225 Å². The molecule has 0 heteroatoms. The van der Waals surface area contributed by atoms with Crippen molar-refractivity contribution in [3.63, 3.8) is 0 Å². The van der Waals surface area contributed by atoms with Gasteiger partial charge in [-0.15, -0.1) is 0 Å². The van der Waals surface area contributed by atoms with Crippen molar-refractivity contribution < 1.29 is 0 Å². The molecule has 5 aliphatic rings. The molecule has 0 fully saturated rings. The summed E-state index contributed by atoms with van der Waals surface area (Å²) >= 11 is 0. The molecule has 10 aromatic rings. The molecule has 350 valence electrons. The predicted octanol–water partition coefficient (Wildman–Crippen LogP) is 19.5. The molecule has 0 bridgehead atoms. The molecule has 0 spiro atoms. The van der Waals surface area contributed by atoms with Gasteiger partial charge in [0.1, 0.15) is 0 Å². The zero-order valence-electron chi connectivity index (χ0n) is 42.7. The summed E-state index contributed by atoms with van der Waals surface area (Å²) in [5.74, 6) is 0. The predicted molar refractivity (Wildman–Crippen MR) is 307 cm³/mol. The Kier molecular flexibility index (Phi) is 8.34. The fourth-order valence-corrected chi connectivity index (χ4v) is 15.1.